The summed E-state index contributed by atoms with van der Waals surface area (Å²) in [7, 11) is 0. The van der Waals surface area contributed by atoms with E-state index in [9.17, 15) is 13.2 Å². The van der Waals surface area contributed by atoms with Gasteiger partial charge < -0.3 is 14.2 Å². The minimum atomic E-state index is -4.68. The lowest BCUT2D eigenvalue weighted by Crippen LogP contribution is -2.53. The van der Waals surface area contributed by atoms with Crippen LogP contribution in [0.3, 0.4) is 0 Å². The second-order valence-corrected chi connectivity index (χ2v) is 7.33. The van der Waals surface area contributed by atoms with Crippen LogP contribution in [0.15, 0.2) is 48.5 Å². The van der Waals surface area contributed by atoms with Crippen molar-refractivity contribution >= 4 is 0 Å². The van der Waals surface area contributed by atoms with Crippen LogP contribution in [0.5, 0.6) is 5.75 Å². The molecule has 2 aromatic rings. The number of benzene rings is 2. The standard InChI is InChI=1S/C21H21F3O3/c1-2-19-11-12-20(25-13-19,26-14-19)17-7-3-15(4-8-17)16-5-9-18(10-6-16)27-21(22,23)24/h3-10H,2,11-14H2,1H3. The molecule has 0 aromatic heterocycles. The van der Waals surface area contributed by atoms with Crippen LogP contribution in [-0.2, 0) is 15.3 Å². The highest BCUT2D eigenvalue weighted by molar-refractivity contribution is 5.64. The van der Waals surface area contributed by atoms with Crippen molar-refractivity contribution in [2.75, 3.05) is 13.2 Å². The van der Waals surface area contributed by atoms with E-state index in [0.717, 1.165) is 36.0 Å². The first kappa shape index (κ1) is 18.3. The largest absolute Gasteiger partial charge is 0.573 e. The molecule has 3 saturated heterocycles. The molecule has 3 heterocycles. The first-order chi connectivity index (χ1) is 12.8. The highest BCUT2D eigenvalue weighted by atomic mass is 19.4. The van der Waals surface area contributed by atoms with Crippen LogP contribution in [0.4, 0.5) is 13.2 Å². The Hall–Kier alpha value is -2.05. The van der Waals surface area contributed by atoms with Crippen molar-refractivity contribution in [2.24, 2.45) is 5.41 Å². The number of fused-ring (bicyclic) bond motifs is 3. The fourth-order valence-electron chi connectivity index (χ4n) is 3.80. The summed E-state index contributed by atoms with van der Waals surface area (Å²) in [6.45, 7) is 3.60. The highest BCUT2D eigenvalue weighted by Crippen LogP contribution is 2.50. The van der Waals surface area contributed by atoms with Gasteiger partial charge in [-0.1, -0.05) is 43.3 Å². The molecule has 144 valence electrons. The molecule has 0 spiro atoms. The number of hydrogen-bond acceptors (Lipinski definition) is 3. The van der Waals surface area contributed by atoms with Crippen molar-refractivity contribution in [1.82, 2.24) is 0 Å². The van der Waals surface area contributed by atoms with E-state index in [-0.39, 0.29) is 11.2 Å². The lowest BCUT2D eigenvalue weighted by atomic mass is 9.75. The van der Waals surface area contributed by atoms with Gasteiger partial charge in [-0.2, -0.15) is 0 Å². The first-order valence-electron chi connectivity index (χ1n) is 9.08. The molecule has 0 atom stereocenters. The van der Waals surface area contributed by atoms with Gasteiger partial charge in [0, 0.05) is 17.4 Å². The van der Waals surface area contributed by atoms with E-state index in [1.54, 1.807) is 12.1 Å². The van der Waals surface area contributed by atoms with Crippen molar-refractivity contribution in [3.05, 3.63) is 54.1 Å². The molecule has 3 nitrogen and oxygen atoms in total. The van der Waals surface area contributed by atoms with Gasteiger partial charge in [-0.05, 0) is 36.1 Å². The second kappa shape index (κ2) is 6.53. The van der Waals surface area contributed by atoms with E-state index >= 15 is 0 Å². The number of hydrogen-bond donors (Lipinski definition) is 0. The lowest BCUT2D eigenvalue weighted by Gasteiger charge is -2.52. The van der Waals surface area contributed by atoms with Gasteiger partial charge in [0.05, 0.1) is 13.2 Å². The lowest BCUT2D eigenvalue weighted by molar-refractivity contribution is -0.350. The van der Waals surface area contributed by atoms with Crippen LogP contribution < -0.4 is 4.74 Å². The molecule has 3 aliphatic heterocycles. The molecule has 27 heavy (non-hydrogen) atoms. The molecule has 3 aliphatic rings. The van der Waals surface area contributed by atoms with Gasteiger partial charge in [0.2, 0.25) is 0 Å². The smallest absolute Gasteiger partial charge is 0.406 e. The quantitative estimate of drug-likeness (QED) is 0.689. The molecule has 6 heteroatoms. The van der Waals surface area contributed by atoms with Crippen molar-refractivity contribution in [1.29, 1.82) is 0 Å². The summed E-state index contributed by atoms with van der Waals surface area (Å²) >= 11 is 0. The summed E-state index contributed by atoms with van der Waals surface area (Å²) in [6.07, 6.45) is -1.70. The minimum Gasteiger partial charge on any atom is -0.406 e. The molecule has 5 rings (SSSR count). The molecule has 0 amide bonds. The number of rotatable bonds is 4. The Morgan fingerprint density at radius 1 is 0.889 bits per heavy atom. The summed E-state index contributed by atoms with van der Waals surface area (Å²) in [5.74, 6) is -0.896. The maximum absolute atomic E-state index is 12.3. The topological polar surface area (TPSA) is 27.7 Å². The molecule has 3 fully saturated rings. The van der Waals surface area contributed by atoms with E-state index in [4.69, 9.17) is 9.47 Å². The molecule has 0 aliphatic carbocycles. The van der Waals surface area contributed by atoms with Crippen LogP contribution in [0, 0.1) is 5.41 Å². The third-order valence-corrected chi connectivity index (χ3v) is 5.70. The minimum absolute atomic E-state index is 0.155. The van der Waals surface area contributed by atoms with E-state index < -0.39 is 12.1 Å². The average molecular weight is 378 g/mol. The van der Waals surface area contributed by atoms with E-state index in [1.165, 1.54) is 12.1 Å². The van der Waals surface area contributed by atoms with Gasteiger partial charge in [0.15, 0.2) is 5.79 Å². The van der Waals surface area contributed by atoms with Crippen LogP contribution in [0.25, 0.3) is 11.1 Å². The Kier molecular flexibility index (Phi) is 4.43. The fraction of sp³-hybridized carbons (Fsp3) is 0.429. The van der Waals surface area contributed by atoms with Gasteiger partial charge in [-0.3, -0.25) is 0 Å². The van der Waals surface area contributed by atoms with Gasteiger partial charge in [-0.25, -0.2) is 0 Å². The van der Waals surface area contributed by atoms with Crippen LogP contribution in [-0.4, -0.2) is 19.6 Å². The molecular weight excluding hydrogens is 357 g/mol. The summed E-state index contributed by atoms with van der Waals surface area (Å²) in [5, 5.41) is 0. The monoisotopic (exact) mass is 378 g/mol. The van der Waals surface area contributed by atoms with Gasteiger partial charge in [0.25, 0.3) is 0 Å². The molecule has 0 N–H and O–H groups in total. The number of halogens is 3. The number of alkyl halides is 3. The first-order valence-corrected chi connectivity index (χ1v) is 9.08. The Morgan fingerprint density at radius 3 is 1.89 bits per heavy atom. The zero-order valence-corrected chi connectivity index (χ0v) is 15.0. The summed E-state index contributed by atoms with van der Waals surface area (Å²) in [6, 6.07) is 13.7. The highest BCUT2D eigenvalue weighted by Gasteiger charge is 2.51. The molecular formula is C21H21F3O3. The van der Waals surface area contributed by atoms with Crippen molar-refractivity contribution in [3.8, 4) is 16.9 Å². The van der Waals surface area contributed by atoms with Crippen LogP contribution in [0.1, 0.15) is 31.7 Å². The predicted octanol–water partition coefficient (Wildman–Crippen LogP) is 5.64. The maximum Gasteiger partial charge on any atom is 0.573 e. The van der Waals surface area contributed by atoms with E-state index in [2.05, 4.69) is 11.7 Å². The Morgan fingerprint density at radius 2 is 1.44 bits per heavy atom. The van der Waals surface area contributed by atoms with Gasteiger partial charge in [0.1, 0.15) is 5.75 Å². The van der Waals surface area contributed by atoms with Crippen LogP contribution >= 0.6 is 0 Å². The zero-order chi connectivity index (χ0) is 19.1. The predicted molar refractivity (Wildman–Crippen MR) is 94.1 cm³/mol. The zero-order valence-electron chi connectivity index (χ0n) is 15.0. The average Bonchev–Trinajstić information content (AvgIpc) is 2.69. The normalized spacial score (nSPS) is 27.6. The summed E-state index contributed by atoms with van der Waals surface area (Å²) in [5.41, 5.74) is 2.85. The maximum atomic E-state index is 12.3. The third-order valence-electron chi connectivity index (χ3n) is 5.70. The van der Waals surface area contributed by atoms with Crippen molar-refractivity contribution in [2.45, 2.75) is 38.3 Å². The summed E-state index contributed by atoms with van der Waals surface area (Å²) < 4.78 is 52.9. The van der Waals surface area contributed by atoms with Crippen LogP contribution in [0.2, 0.25) is 0 Å². The summed E-state index contributed by atoms with van der Waals surface area (Å²) in [4.78, 5) is 0. The van der Waals surface area contributed by atoms with Gasteiger partial charge >= 0.3 is 6.36 Å². The SMILES string of the molecule is CCC12CCC(c3ccc(-c4ccc(OC(F)(F)F)cc4)cc3)(OC1)OC2. The Bertz CT molecular complexity index is 772. The number of ether oxygens (including phenoxy) is 3. The molecule has 2 bridgehead atoms. The molecule has 0 unspecified atom stereocenters. The van der Waals surface area contributed by atoms with E-state index in [1.807, 2.05) is 24.3 Å². The van der Waals surface area contributed by atoms with Crippen molar-refractivity contribution < 1.29 is 27.4 Å². The van der Waals surface area contributed by atoms with Crippen molar-refractivity contribution in [3.63, 3.8) is 0 Å². The fourth-order valence-corrected chi connectivity index (χ4v) is 3.80. The molecule has 2 aromatic carbocycles. The Labute approximate surface area is 156 Å². The van der Waals surface area contributed by atoms with E-state index in [0.29, 0.717) is 13.2 Å². The molecule has 0 saturated carbocycles. The molecule has 0 radical (unpaired) electrons. The third kappa shape index (κ3) is 3.56. The Balaban J connectivity index is 1.50. The van der Waals surface area contributed by atoms with Gasteiger partial charge in [-0.15, -0.1) is 13.2 Å². The second-order valence-electron chi connectivity index (χ2n) is 7.33.